The maximum Gasteiger partial charge on any atom is 0.222 e. The van der Waals surface area contributed by atoms with Crippen molar-refractivity contribution in [1.82, 2.24) is 4.90 Å². The zero-order valence-corrected chi connectivity index (χ0v) is 13.9. The molecule has 106 valence electrons. The molecule has 0 radical (unpaired) electrons. The second-order valence-corrected chi connectivity index (χ2v) is 6.17. The van der Waals surface area contributed by atoms with Crippen molar-refractivity contribution < 1.29 is 4.79 Å². The summed E-state index contributed by atoms with van der Waals surface area (Å²) in [7, 11) is 1.83. The molecular formula is C15H23IN2O. The molecule has 19 heavy (non-hydrogen) atoms. The quantitative estimate of drug-likeness (QED) is 0.589. The first-order chi connectivity index (χ1) is 9.04. The molecule has 1 amide bonds. The lowest BCUT2D eigenvalue weighted by atomic mass is 10.1. The van der Waals surface area contributed by atoms with E-state index in [1.807, 2.05) is 14.0 Å². The van der Waals surface area contributed by atoms with E-state index >= 15 is 0 Å². The lowest BCUT2D eigenvalue weighted by molar-refractivity contribution is -0.131. The van der Waals surface area contributed by atoms with Gasteiger partial charge in [0.25, 0.3) is 0 Å². The van der Waals surface area contributed by atoms with Crippen molar-refractivity contribution in [2.24, 2.45) is 5.73 Å². The van der Waals surface area contributed by atoms with E-state index in [4.69, 9.17) is 5.73 Å². The highest BCUT2D eigenvalue weighted by molar-refractivity contribution is 14.1. The third kappa shape index (κ3) is 5.91. The standard InChI is InChI=1S/C15H23IN2O/c1-12(11-17)18(2)15(19)6-4-3-5-13-7-9-14(16)10-8-13/h7-10,12H,3-6,11,17H2,1-2H3. The van der Waals surface area contributed by atoms with Gasteiger partial charge < -0.3 is 10.6 Å². The molecule has 2 N–H and O–H groups in total. The minimum atomic E-state index is 0.128. The van der Waals surface area contributed by atoms with Crippen molar-refractivity contribution in [1.29, 1.82) is 0 Å². The number of rotatable bonds is 7. The molecule has 0 aliphatic carbocycles. The maximum atomic E-state index is 11.9. The van der Waals surface area contributed by atoms with Gasteiger partial charge in [0.05, 0.1) is 0 Å². The lowest BCUT2D eigenvalue weighted by Gasteiger charge is -2.23. The first kappa shape index (κ1) is 16.4. The molecule has 0 aromatic heterocycles. The summed E-state index contributed by atoms with van der Waals surface area (Å²) in [6.07, 6.45) is 3.65. The molecule has 0 heterocycles. The molecule has 1 aromatic carbocycles. The van der Waals surface area contributed by atoms with Crippen molar-refractivity contribution >= 4 is 28.5 Å². The van der Waals surface area contributed by atoms with Crippen LogP contribution in [0, 0.1) is 3.57 Å². The monoisotopic (exact) mass is 374 g/mol. The summed E-state index contributed by atoms with van der Waals surface area (Å²) in [5.41, 5.74) is 6.90. The third-order valence-electron chi connectivity index (χ3n) is 3.42. The highest BCUT2D eigenvalue weighted by Crippen LogP contribution is 2.11. The van der Waals surface area contributed by atoms with Crippen molar-refractivity contribution in [2.45, 2.75) is 38.6 Å². The number of hydrogen-bond donors (Lipinski definition) is 1. The number of carbonyl (C=O) groups excluding carboxylic acids is 1. The molecule has 0 aliphatic rings. The second kappa shape index (κ2) is 8.53. The SMILES string of the molecule is CC(CN)N(C)C(=O)CCCCc1ccc(I)cc1. The number of hydrogen-bond acceptors (Lipinski definition) is 2. The van der Waals surface area contributed by atoms with E-state index in [-0.39, 0.29) is 11.9 Å². The fraction of sp³-hybridized carbons (Fsp3) is 0.533. The lowest BCUT2D eigenvalue weighted by Crippen LogP contribution is -2.39. The zero-order valence-electron chi connectivity index (χ0n) is 11.7. The molecule has 0 fully saturated rings. The van der Waals surface area contributed by atoms with Crippen LogP contribution in [0.4, 0.5) is 0 Å². The Morgan fingerprint density at radius 2 is 1.95 bits per heavy atom. The largest absolute Gasteiger partial charge is 0.342 e. The summed E-state index contributed by atoms with van der Waals surface area (Å²) in [5.74, 6) is 0.195. The van der Waals surface area contributed by atoms with Crippen LogP contribution in [0.25, 0.3) is 0 Å². The van der Waals surface area contributed by atoms with Crippen molar-refractivity contribution in [3.05, 3.63) is 33.4 Å². The molecule has 1 unspecified atom stereocenters. The van der Waals surface area contributed by atoms with Crippen LogP contribution in [0.1, 0.15) is 31.7 Å². The van der Waals surface area contributed by atoms with Crippen LogP contribution in [0.2, 0.25) is 0 Å². The molecule has 0 aliphatic heterocycles. The Hall–Kier alpha value is -0.620. The van der Waals surface area contributed by atoms with Crippen LogP contribution < -0.4 is 5.73 Å². The number of carbonyl (C=O) groups is 1. The summed E-state index contributed by atoms with van der Waals surface area (Å²) in [6, 6.07) is 8.69. The summed E-state index contributed by atoms with van der Waals surface area (Å²) in [5, 5.41) is 0. The van der Waals surface area contributed by atoms with Gasteiger partial charge in [-0.15, -0.1) is 0 Å². The normalized spacial score (nSPS) is 12.2. The van der Waals surface area contributed by atoms with Crippen molar-refractivity contribution in [2.75, 3.05) is 13.6 Å². The summed E-state index contributed by atoms with van der Waals surface area (Å²) < 4.78 is 1.26. The van der Waals surface area contributed by atoms with Gasteiger partial charge in [-0.1, -0.05) is 12.1 Å². The van der Waals surface area contributed by atoms with Gasteiger partial charge in [0.15, 0.2) is 0 Å². The smallest absolute Gasteiger partial charge is 0.222 e. The first-order valence-electron chi connectivity index (χ1n) is 6.74. The Bertz CT molecular complexity index is 392. The average Bonchev–Trinajstić information content (AvgIpc) is 2.43. The van der Waals surface area contributed by atoms with Gasteiger partial charge in [0.1, 0.15) is 0 Å². The van der Waals surface area contributed by atoms with E-state index in [0.29, 0.717) is 13.0 Å². The van der Waals surface area contributed by atoms with E-state index < -0.39 is 0 Å². The van der Waals surface area contributed by atoms with Crippen LogP contribution in [-0.2, 0) is 11.2 Å². The molecule has 1 aromatic rings. The summed E-state index contributed by atoms with van der Waals surface area (Å²) in [4.78, 5) is 13.6. The molecular weight excluding hydrogens is 351 g/mol. The van der Waals surface area contributed by atoms with Crippen LogP contribution in [0.5, 0.6) is 0 Å². The molecule has 0 bridgehead atoms. The Balaban J connectivity index is 2.23. The van der Waals surface area contributed by atoms with E-state index in [2.05, 4.69) is 46.9 Å². The topological polar surface area (TPSA) is 46.3 Å². The zero-order chi connectivity index (χ0) is 14.3. The Morgan fingerprint density at radius 1 is 1.32 bits per heavy atom. The van der Waals surface area contributed by atoms with Gasteiger partial charge in [-0.2, -0.15) is 0 Å². The number of unbranched alkanes of at least 4 members (excludes halogenated alkanes) is 1. The molecule has 4 heteroatoms. The highest BCUT2D eigenvalue weighted by Gasteiger charge is 2.13. The molecule has 0 saturated carbocycles. The fourth-order valence-electron chi connectivity index (χ4n) is 1.84. The van der Waals surface area contributed by atoms with Crippen LogP contribution in [-0.4, -0.2) is 30.4 Å². The van der Waals surface area contributed by atoms with E-state index in [0.717, 1.165) is 19.3 Å². The van der Waals surface area contributed by atoms with Crippen LogP contribution >= 0.6 is 22.6 Å². The van der Waals surface area contributed by atoms with E-state index in [1.54, 1.807) is 4.90 Å². The average molecular weight is 374 g/mol. The van der Waals surface area contributed by atoms with Gasteiger partial charge in [0, 0.05) is 29.6 Å². The van der Waals surface area contributed by atoms with Gasteiger partial charge >= 0.3 is 0 Å². The second-order valence-electron chi connectivity index (χ2n) is 4.92. The molecule has 0 spiro atoms. The van der Waals surface area contributed by atoms with Crippen molar-refractivity contribution in [3.8, 4) is 0 Å². The molecule has 3 nitrogen and oxygen atoms in total. The Labute approximate surface area is 129 Å². The number of nitrogens with two attached hydrogens (primary N) is 1. The number of aryl methyl sites for hydroxylation is 1. The van der Waals surface area contributed by atoms with E-state index in [1.165, 1.54) is 9.13 Å². The Morgan fingerprint density at radius 3 is 2.53 bits per heavy atom. The predicted molar refractivity (Wildman–Crippen MR) is 88.0 cm³/mol. The summed E-state index contributed by atoms with van der Waals surface area (Å²) >= 11 is 2.31. The number of benzene rings is 1. The van der Waals surface area contributed by atoms with Crippen LogP contribution in [0.15, 0.2) is 24.3 Å². The maximum absolute atomic E-state index is 11.9. The van der Waals surface area contributed by atoms with Gasteiger partial charge in [-0.3, -0.25) is 4.79 Å². The highest BCUT2D eigenvalue weighted by atomic mass is 127. The minimum Gasteiger partial charge on any atom is -0.342 e. The predicted octanol–water partition coefficient (Wildman–Crippen LogP) is 2.81. The van der Waals surface area contributed by atoms with Gasteiger partial charge in [-0.05, 0) is 66.5 Å². The molecule has 1 rings (SSSR count). The number of amides is 1. The minimum absolute atomic E-state index is 0.128. The molecule has 0 saturated heterocycles. The number of likely N-dealkylation sites (N-methyl/N-ethyl adjacent to an activating group) is 1. The number of nitrogens with zero attached hydrogens (tertiary/aromatic N) is 1. The molecule has 1 atom stereocenters. The van der Waals surface area contributed by atoms with Gasteiger partial charge in [0.2, 0.25) is 5.91 Å². The number of halogens is 1. The first-order valence-corrected chi connectivity index (χ1v) is 7.82. The fourth-order valence-corrected chi connectivity index (χ4v) is 2.20. The van der Waals surface area contributed by atoms with E-state index in [9.17, 15) is 4.79 Å². The third-order valence-corrected chi connectivity index (χ3v) is 4.13. The van der Waals surface area contributed by atoms with Gasteiger partial charge in [-0.25, -0.2) is 0 Å². The van der Waals surface area contributed by atoms with Crippen LogP contribution in [0.3, 0.4) is 0 Å². The summed E-state index contributed by atoms with van der Waals surface area (Å²) in [6.45, 7) is 2.49. The van der Waals surface area contributed by atoms with Crippen molar-refractivity contribution in [3.63, 3.8) is 0 Å². The Kier molecular flexibility index (Phi) is 7.38.